The Morgan fingerprint density at radius 2 is 2.30 bits per heavy atom. The van der Waals surface area contributed by atoms with Crippen molar-refractivity contribution in [3.05, 3.63) is 28.1 Å². The van der Waals surface area contributed by atoms with E-state index in [1.807, 2.05) is 0 Å². The number of benzene rings is 1. The number of fused-ring (bicyclic) bond motifs is 1. The molecule has 3 N–H and O–H groups in total. The molecule has 2 unspecified atom stereocenters. The lowest BCUT2D eigenvalue weighted by atomic mass is 9.87. The minimum Gasteiger partial charge on any atom is -0.465 e. The summed E-state index contributed by atoms with van der Waals surface area (Å²) in [6, 6.07) is 4.64. The third-order valence-electron chi connectivity index (χ3n) is 3.33. The van der Waals surface area contributed by atoms with Crippen molar-refractivity contribution in [3.63, 3.8) is 0 Å². The lowest BCUT2D eigenvalue weighted by Gasteiger charge is -2.24. The SMILES string of the molecule is O=NC(=O)C1CSC(c2nc3ccc(NC(=O)O)cc3s2)BN1. The van der Waals surface area contributed by atoms with Gasteiger partial charge in [0.1, 0.15) is 5.01 Å². The lowest BCUT2D eigenvalue weighted by molar-refractivity contribution is -0.119. The molecule has 0 bridgehead atoms. The first kappa shape index (κ1) is 15.9. The number of hydrogen-bond donors (Lipinski definition) is 3. The van der Waals surface area contributed by atoms with Gasteiger partial charge in [0.15, 0.2) is 0 Å². The van der Waals surface area contributed by atoms with Crippen LogP contribution in [0.4, 0.5) is 10.5 Å². The van der Waals surface area contributed by atoms with Crippen LogP contribution in [0.1, 0.15) is 10.2 Å². The van der Waals surface area contributed by atoms with E-state index in [-0.39, 0.29) is 5.15 Å². The smallest absolute Gasteiger partial charge is 0.409 e. The van der Waals surface area contributed by atoms with Gasteiger partial charge in [-0.05, 0) is 18.2 Å². The molecule has 0 saturated carbocycles. The van der Waals surface area contributed by atoms with Gasteiger partial charge in [-0.25, -0.2) is 9.78 Å². The highest BCUT2D eigenvalue weighted by Crippen LogP contribution is 2.36. The van der Waals surface area contributed by atoms with Crippen molar-refractivity contribution in [1.29, 1.82) is 0 Å². The summed E-state index contributed by atoms with van der Waals surface area (Å²) >= 11 is 3.04. The molecule has 2 aromatic rings. The Bertz CT molecular complexity index is 776. The quantitative estimate of drug-likeness (QED) is 0.569. The Hall–Kier alpha value is -1.98. The number of anilines is 1. The molecule has 3 rings (SSSR count). The summed E-state index contributed by atoms with van der Waals surface area (Å²) in [6.45, 7) is 0. The first-order valence-corrected chi connectivity index (χ1v) is 8.56. The number of carboxylic acid groups (broad SMARTS) is 1. The molecule has 23 heavy (non-hydrogen) atoms. The van der Waals surface area contributed by atoms with E-state index in [4.69, 9.17) is 5.11 Å². The van der Waals surface area contributed by atoms with E-state index in [9.17, 15) is 14.5 Å². The molecule has 1 fully saturated rings. The molecule has 1 aliphatic rings. The summed E-state index contributed by atoms with van der Waals surface area (Å²) in [5, 5.41) is 17.5. The van der Waals surface area contributed by atoms with Gasteiger partial charge in [0, 0.05) is 21.8 Å². The van der Waals surface area contributed by atoms with Gasteiger partial charge < -0.3 is 10.3 Å². The van der Waals surface area contributed by atoms with Gasteiger partial charge in [-0.2, -0.15) is 11.8 Å². The summed E-state index contributed by atoms with van der Waals surface area (Å²) in [6.07, 6.45) is -1.11. The van der Waals surface area contributed by atoms with Crippen molar-refractivity contribution in [3.8, 4) is 0 Å². The van der Waals surface area contributed by atoms with E-state index >= 15 is 0 Å². The Balaban J connectivity index is 1.75. The van der Waals surface area contributed by atoms with E-state index < -0.39 is 18.0 Å². The summed E-state index contributed by atoms with van der Waals surface area (Å²) < 4.78 is 0.889. The second kappa shape index (κ2) is 6.65. The average Bonchev–Trinajstić information content (AvgIpc) is 2.97. The highest BCUT2D eigenvalue weighted by molar-refractivity contribution is 8.01. The maximum absolute atomic E-state index is 11.3. The summed E-state index contributed by atoms with van der Waals surface area (Å²) in [5.41, 5.74) is 1.30. The Morgan fingerprint density at radius 1 is 1.48 bits per heavy atom. The molecule has 118 valence electrons. The molecule has 0 spiro atoms. The molecule has 0 radical (unpaired) electrons. The van der Waals surface area contributed by atoms with Gasteiger partial charge >= 0.3 is 12.0 Å². The van der Waals surface area contributed by atoms with Gasteiger partial charge in [0.05, 0.1) is 16.3 Å². The van der Waals surface area contributed by atoms with Crippen molar-refractivity contribution < 1.29 is 14.7 Å². The fourth-order valence-electron chi connectivity index (χ4n) is 2.24. The number of thioether (sulfide) groups is 1. The number of nitrogens with zero attached hydrogens (tertiary/aromatic N) is 2. The second-order valence-corrected chi connectivity index (χ2v) is 7.18. The molecule has 11 heteroatoms. The maximum atomic E-state index is 11.3. The molecule has 2 atom stereocenters. The molecule has 1 saturated heterocycles. The number of aromatic nitrogens is 1. The highest BCUT2D eigenvalue weighted by Gasteiger charge is 2.30. The number of amides is 2. The van der Waals surface area contributed by atoms with E-state index in [1.165, 1.54) is 11.3 Å². The predicted octanol–water partition coefficient (Wildman–Crippen LogP) is 1.73. The van der Waals surface area contributed by atoms with Gasteiger partial charge in [0.25, 0.3) is 0 Å². The van der Waals surface area contributed by atoms with Crippen LogP contribution in [0.2, 0.25) is 0 Å². The fraction of sp³-hybridized carbons (Fsp3) is 0.250. The van der Waals surface area contributed by atoms with Crippen LogP contribution < -0.4 is 10.5 Å². The average molecular weight is 350 g/mol. The minimum absolute atomic E-state index is 0.0824. The van der Waals surface area contributed by atoms with Crippen LogP contribution in [0, 0.1) is 4.91 Å². The maximum Gasteiger partial charge on any atom is 0.409 e. The number of hydrogen-bond acceptors (Lipinski definition) is 7. The molecule has 1 aromatic heterocycles. The topological polar surface area (TPSA) is 121 Å². The second-order valence-electron chi connectivity index (χ2n) is 4.88. The van der Waals surface area contributed by atoms with Gasteiger partial charge in [-0.3, -0.25) is 10.1 Å². The zero-order chi connectivity index (χ0) is 16.4. The number of thiazole rings is 1. The molecular formula is C12H11BN4O4S2. The Morgan fingerprint density at radius 3 is 2.96 bits per heavy atom. The summed E-state index contributed by atoms with van der Waals surface area (Å²) in [4.78, 5) is 36.8. The van der Waals surface area contributed by atoms with Crippen LogP contribution in [0.15, 0.2) is 23.4 Å². The lowest BCUT2D eigenvalue weighted by Crippen LogP contribution is -2.45. The molecule has 2 amide bonds. The highest BCUT2D eigenvalue weighted by atomic mass is 32.2. The van der Waals surface area contributed by atoms with Gasteiger partial charge in [0.2, 0.25) is 7.41 Å². The zero-order valence-corrected chi connectivity index (χ0v) is 13.3. The van der Waals surface area contributed by atoms with Crippen LogP contribution in [-0.2, 0) is 4.79 Å². The first-order valence-electron chi connectivity index (χ1n) is 6.69. The zero-order valence-electron chi connectivity index (χ0n) is 11.7. The van der Waals surface area contributed by atoms with Crippen molar-refractivity contribution in [2.75, 3.05) is 11.1 Å². The number of rotatable bonds is 3. The van der Waals surface area contributed by atoms with Gasteiger partial charge in [-0.1, -0.05) is 0 Å². The van der Waals surface area contributed by atoms with E-state index in [1.54, 1.807) is 30.0 Å². The third kappa shape index (κ3) is 3.51. The monoisotopic (exact) mass is 350 g/mol. The number of carbonyl (C=O) groups is 2. The number of nitrogens with one attached hydrogen (secondary N) is 2. The van der Waals surface area contributed by atoms with Crippen molar-refractivity contribution >= 4 is 58.4 Å². The summed E-state index contributed by atoms with van der Waals surface area (Å²) in [5.74, 6) is -0.207. The molecule has 1 aliphatic heterocycles. The standard InChI is InChI=1S/C12H11BN4O4S2/c18-10(17-21)7-4-22-9(13-16-7)11-15-6-2-1-5(14-12(19)20)3-8(6)23-11/h1-3,7,9,13-14,16H,4H2,(H,19,20). The molecular weight excluding hydrogens is 339 g/mol. The van der Waals surface area contributed by atoms with Crippen LogP contribution in [-0.4, -0.2) is 41.3 Å². The van der Waals surface area contributed by atoms with Crippen molar-refractivity contribution in [2.45, 2.75) is 11.2 Å². The Labute approximate surface area is 139 Å². The van der Waals surface area contributed by atoms with E-state index in [0.717, 1.165) is 15.2 Å². The van der Waals surface area contributed by atoms with Gasteiger partial charge in [-0.15, -0.1) is 16.2 Å². The molecule has 0 aliphatic carbocycles. The molecule has 2 heterocycles. The fourth-order valence-corrected chi connectivity index (χ4v) is 4.67. The van der Waals surface area contributed by atoms with E-state index in [2.05, 4.69) is 20.7 Å². The van der Waals surface area contributed by atoms with Crippen LogP contribution >= 0.6 is 23.1 Å². The van der Waals surface area contributed by atoms with Crippen molar-refractivity contribution in [1.82, 2.24) is 10.2 Å². The van der Waals surface area contributed by atoms with E-state index in [0.29, 0.717) is 18.9 Å². The predicted molar refractivity (Wildman–Crippen MR) is 91.3 cm³/mol. The third-order valence-corrected chi connectivity index (χ3v) is 5.93. The van der Waals surface area contributed by atoms with Crippen LogP contribution in [0.25, 0.3) is 10.2 Å². The van der Waals surface area contributed by atoms with Crippen LogP contribution in [0.3, 0.4) is 0 Å². The number of nitroso groups, excluding NO2 is 1. The van der Waals surface area contributed by atoms with Crippen LogP contribution in [0.5, 0.6) is 0 Å². The van der Waals surface area contributed by atoms with Crippen molar-refractivity contribution in [2.24, 2.45) is 5.18 Å². The largest absolute Gasteiger partial charge is 0.465 e. The summed E-state index contributed by atoms with van der Waals surface area (Å²) in [7, 11) is 0.524. The first-order chi connectivity index (χ1) is 11.1. The normalized spacial score (nSPS) is 20.7. The number of carbonyl (C=O) groups excluding carboxylic acids is 1. The molecule has 1 aromatic carbocycles. The minimum atomic E-state index is -1.11. The Kier molecular flexibility index (Phi) is 4.60. The molecule has 8 nitrogen and oxygen atoms in total.